The molecule has 0 fully saturated rings. The van der Waals surface area contributed by atoms with Gasteiger partial charge < -0.3 is 5.32 Å². The number of rotatable bonds is 6. The second-order valence-corrected chi connectivity index (χ2v) is 6.25. The number of halogens is 1. The van der Waals surface area contributed by atoms with E-state index >= 15 is 0 Å². The molecular weight excluding hydrogens is 302 g/mol. The first kappa shape index (κ1) is 14.4. The highest BCUT2D eigenvalue weighted by molar-refractivity contribution is 7.10. The summed E-state index contributed by atoms with van der Waals surface area (Å²) in [5.74, 6) is 0.608. The molecule has 1 N–H and O–H groups in total. The third kappa shape index (κ3) is 4.26. The SMILES string of the molecule is CC(CNC(=O)Cc1nc(CCl)cs1)c1nccs1. The lowest BCUT2D eigenvalue weighted by Gasteiger charge is -2.09. The molecule has 0 bridgehead atoms. The molecule has 1 atom stereocenters. The van der Waals surface area contributed by atoms with Crippen molar-refractivity contribution < 1.29 is 4.79 Å². The number of thiazole rings is 2. The Balaban J connectivity index is 1.78. The Kier molecular flexibility index (Phi) is 5.30. The molecule has 1 unspecified atom stereocenters. The third-order valence-corrected chi connectivity index (χ3v) is 4.70. The Bertz CT molecular complexity index is 527. The van der Waals surface area contributed by atoms with Crippen molar-refractivity contribution in [1.29, 1.82) is 0 Å². The number of carbonyl (C=O) groups excluding carboxylic acids is 1. The maximum absolute atomic E-state index is 11.8. The first-order chi connectivity index (χ1) is 9.19. The van der Waals surface area contributed by atoms with E-state index in [-0.39, 0.29) is 11.8 Å². The van der Waals surface area contributed by atoms with Crippen molar-refractivity contribution in [2.75, 3.05) is 6.54 Å². The molecule has 102 valence electrons. The van der Waals surface area contributed by atoms with Gasteiger partial charge in [-0.3, -0.25) is 4.79 Å². The number of carbonyl (C=O) groups is 1. The van der Waals surface area contributed by atoms with E-state index in [1.165, 1.54) is 11.3 Å². The van der Waals surface area contributed by atoms with Crippen molar-refractivity contribution in [2.24, 2.45) is 0 Å². The minimum Gasteiger partial charge on any atom is -0.355 e. The van der Waals surface area contributed by atoms with Crippen molar-refractivity contribution in [2.45, 2.75) is 25.1 Å². The predicted molar refractivity (Wildman–Crippen MR) is 78.9 cm³/mol. The molecule has 0 aliphatic carbocycles. The fourth-order valence-electron chi connectivity index (χ4n) is 1.52. The van der Waals surface area contributed by atoms with E-state index in [0.29, 0.717) is 18.8 Å². The molecule has 0 aliphatic rings. The van der Waals surface area contributed by atoms with E-state index in [0.717, 1.165) is 15.7 Å². The monoisotopic (exact) mass is 315 g/mol. The lowest BCUT2D eigenvalue weighted by Crippen LogP contribution is -2.28. The van der Waals surface area contributed by atoms with E-state index < -0.39 is 0 Å². The van der Waals surface area contributed by atoms with Gasteiger partial charge in [-0.2, -0.15) is 0 Å². The first-order valence-corrected chi connectivity index (χ1v) is 8.13. The van der Waals surface area contributed by atoms with Gasteiger partial charge in [0.2, 0.25) is 5.91 Å². The summed E-state index contributed by atoms with van der Waals surface area (Å²) >= 11 is 8.75. The van der Waals surface area contributed by atoms with Crippen molar-refractivity contribution >= 4 is 40.2 Å². The van der Waals surface area contributed by atoms with Gasteiger partial charge in [0.1, 0.15) is 5.01 Å². The summed E-state index contributed by atoms with van der Waals surface area (Å²) in [5, 5.41) is 8.57. The standard InChI is InChI=1S/C12H14ClN3OS2/c1-8(12-14-2-3-18-12)6-15-10(17)4-11-16-9(5-13)7-19-11/h2-3,7-8H,4-6H2,1H3,(H,15,17). The van der Waals surface area contributed by atoms with E-state index in [9.17, 15) is 4.79 Å². The smallest absolute Gasteiger partial charge is 0.226 e. The second kappa shape index (κ2) is 6.98. The largest absolute Gasteiger partial charge is 0.355 e. The number of nitrogens with one attached hydrogen (secondary N) is 1. The molecule has 0 saturated carbocycles. The van der Waals surface area contributed by atoms with Gasteiger partial charge in [0.15, 0.2) is 0 Å². The first-order valence-electron chi connectivity index (χ1n) is 5.84. The number of hydrogen-bond acceptors (Lipinski definition) is 5. The van der Waals surface area contributed by atoms with Crippen LogP contribution in [0.15, 0.2) is 17.0 Å². The summed E-state index contributed by atoms with van der Waals surface area (Å²) in [4.78, 5) is 20.3. The molecule has 2 aromatic heterocycles. The second-order valence-electron chi connectivity index (χ2n) is 4.12. The van der Waals surface area contributed by atoms with Crippen LogP contribution in [0.2, 0.25) is 0 Å². The highest BCUT2D eigenvalue weighted by Gasteiger charge is 2.11. The number of amides is 1. The maximum Gasteiger partial charge on any atom is 0.226 e. The zero-order valence-corrected chi connectivity index (χ0v) is 12.8. The molecule has 0 aromatic carbocycles. The molecule has 7 heteroatoms. The van der Waals surface area contributed by atoms with Crippen molar-refractivity contribution in [1.82, 2.24) is 15.3 Å². The third-order valence-electron chi connectivity index (χ3n) is 2.53. The lowest BCUT2D eigenvalue weighted by molar-refractivity contribution is -0.120. The van der Waals surface area contributed by atoms with Gasteiger partial charge in [-0.15, -0.1) is 34.3 Å². The van der Waals surface area contributed by atoms with E-state index in [1.807, 2.05) is 17.7 Å². The van der Waals surface area contributed by atoms with Gasteiger partial charge in [0, 0.05) is 29.4 Å². The van der Waals surface area contributed by atoms with Gasteiger partial charge in [-0.25, -0.2) is 9.97 Å². The molecule has 0 aliphatic heterocycles. The van der Waals surface area contributed by atoms with Crippen LogP contribution in [0, 0.1) is 0 Å². The van der Waals surface area contributed by atoms with Gasteiger partial charge in [0.25, 0.3) is 0 Å². The minimum atomic E-state index is -0.0149. The number of aromatic nitrogens is 2. The Morgan fingerprint density at radius 3 is 3.00 bits per heavy atom. The summed E-state index contributed by atoms with van der Waals surface area (Å²) < 4.78 is 0. The number of alkyl halides is 1. The summed E-state index contributed by atoms with van der Waals surface area (Å²) in [5.41, 5.74) is 0.825. The maximum atomic E-state index is 11.8. The summed E-state index contributed by atoms with van der Waals surface area (Å²) in [7, 11) is 0. The van der Waals surface area contributed by atoms with Gasteiger partial charge in [-0.05, 0) is 0 Å². The Morgan fingerprint density at radius 1 is 1.53 bits per heavy atom. The van der Waals surface area contributed by atoms with Crippen molar-refractivity contribution in [3.63, 3.8) is 0 Å². The molecule has 0 spiro atoms. The molecule has 2 rings (SSSR count). The molecule has 0 saturated heterocycles. The topological polar surface area (TPSA) is 54.9 Å². The van der Waals surface area contributed by atoms with Crippen LogP contribution in [0.1, 0.15) is 28.6 Å². The van der Waals surface area contributed by atoms with Crippen LogP contribution in [0.4, 0.5) is 0 Å². The Labute approximate surface area is 124 Å². The van der Waals surface area contributed by atoms with Gasteiger partial charge >= 0.3 is 0 Å². The average molecular weight is 316 g/mol. The van der Waals surface area contributed by atoms with Crippen LogP contribution in [0.3, 0.4) is 0 Å². The van der Waals surface area contributed by atoms with E-state index in [2.05, 4.69) is 15.3 Å². The molecular formula is C12H14ClN3OS2. The summed E-state index contributed by atoms with van der Waals surface area (Å²) in [6, 6.07) is 0. The molecule has 2 heterocycles. The van der Waals surface area contributed by atoms with Crippen LogP contribution < -0.4 is 5.32 Å². The quantitative estimate of drug-likeness (QED) is 0.834. The normalized spacial score (nSPS) is 12.3. The average Bonchev–Trinajstić information content (AvgIpc) is 3.06. The fraction of sp³-hybridized carbons (Fsp3) is 0.417. The molecule has 19 heavy (non-hydrogen) atoms. The van der Waals surface area contributed by atoms with Crippen LogP contribution in [-0.2, 0) is 17.1 Å². The number of hydrogen-bond donors (Lipinski definition) is 1. The molecule has 0 radical (unpaired) electrons. The summed E-state index contributed by atoms with van der Waals surface area (Å²) in [6.07, 6.45) is 2.09. The fourth-order valence-corrected chi connectivity index (χ4v) is 3.24. The summed E-state index contributed by atoms with van der Waals surface area (Å²) in [6.45, 7) is 2.65. The molecule has 4 nitrogen and oxygen atoms in total. The van der Waals surface area contributed by atoms with Crippen LogP contribution in [0.25, 0.3) is 0 Å². The van der Waals surface area contributed by atoms with Crippen LogP contribution in [-0.4, -0.2) is 22.4 Å². The minimum absolute atomic E-state index is 0.0149. The lowest BCUT2D eigenvalue weighted by atomic mass is 10.2. The predicted octanol–water partition coefficient (Wildman–Crippen LogP) is 2.80. The Morgan fingerprint density at radius 2 is 2.37 bits per heavy atom. The highest BCUT2D eigenvalue weighted by Crippen LogP contribution is 2.16. The van der Waals surface area contributed by atoms with Crippen LogP contribution in [0.5, 0.6) is 0 Å². The Hall–Kier alpha value is -0.980. The van der Waals surface area contributed by atoms with Gasteiger partial charge in [0.05, 0.1) is 23.0 Å². The number of nitrogens with zero attached hydrogens (tertiary/aromatic N) is 2. The molecule has 2 aromatic rings. The molecule has 1 amide bonds. The zero-order chi connectivity index (χ0) is 13.7. The van der Waals surface area contributed by atoms with Crippen LogP contribution >= 0.6 is 34.3 Å². The van der Waals surface area contributed by atoms with E-state index in [1.54, 1.807) is 17.5 Å². The van der Waals surface area contributed by atoms with Gasteiger partial charge in [-0.1, -0.05) is 6.92 Å². The van der Waals surface area contributed by atoms with E-state index in [4.69, 9.17) is 11.6 Å². The van der Waals surface area contributed by atoms with Crippen molar-refractivity contribution in [3.05, 3.63) is 32.7 Å². The highest BCUT2D eigenvalue weighted by atomic mass is 35.5. The zero-order valence-electron chi connectivity index (χ0n) is 10.4. The van der Waals surface area contributed by atoms with Crippen molar-refractivity contribution in [3.8, 4) is 0 Å².